The highest BCUT2D eigenvalue weighted by molar-refractivity contribution is 6.03. The molecule has 0 bridgehead atoms. The zero-order chi connectivity index (χ0) is 26.4. The molecule has 37 heavy (non-hydrogen) atoms. The molecule has 0 saturated heterocycles. The molecule has 8 heteroatoms. The summed E-state index contributed by atoms with van der Waals surface area (Å²) in [5, 5.41) is 21.8. The van der Waals surface area contributed by atoms with E-state index in [2.05, 4.69) is 5.32 Å². The molecule has 0 aromatic heterocycles. The topological polar surface area (TPSA) is 124 Å². The number of aliphatic carboxylic acids is 1. The Morgan fingerprint density at radius 2 is 1.68 bits per heavy atom. The number of benzene rings is 2. The van der Waals surface area contributed by atoms with Crippen molar-refractivity contribution in [2.45, 2.75) is 70.3 Å². The zero-order valence-corrected chi connectivity index (χ0v) is 20.9. The number of carboxylic acids is 2. The number of rotatable bonds is 10. The van der Waals surface area contributed by atoms with Gasteiger partial charge in [-0.1, -0.05) is 55.7 Å². The molecule has 1 heterocycles. The van der Waals surface area contributed by atoms with Crippen LogP contribution in [0.1, 0.15) is 72.9 Å². The van der Waals surface area contributed by atoms with Crippen molar-refractivity contribution in [1.29, 1.82) is 0 Å². The van der Waals surface area contributed by atoms with Gasteiger partial charge in [0.1, 0.15) is 12.6 Å². The molecular weight excluding hydrogens is 472 g/mol. The van der Waals surface area contributed by atoms with Gasteiger partial charge in [-0.15, -0.1) is 0 Å². The molecular formula is C29H34N2O6. The standard InChI is InChI=1S/C29H34N2O6/c32-25(33)19-31-24-13-4-2-11-21(24)14-15-23(26(31)34)30-28(37)29(17-7-8-18-29)16-6-5-10-20-9-1-3-12-22(20)27(35)36/h1-4,9,11-13,23H,5-8,10,14-19H2,(H,30,37)(H,32,33)(H,35,36)/t23-/m0/s1. The van der Waals surface area contributed by atoms with E-state index in [0.29, 0.717) is 36.9 Å². The Balaban J connectivity index is 1.42. The fourth-order valence-electron chi connectivity index (χ4n) is 5.83. The predicted octanol–water partition coefficient (Wildman–Crippen LogP) is 4.21. The summed E-state index contributed by atoms with van der Waals surface area (Å²) in [7, 11) is 0. The number of fused-ring (bicyclic) bond motifs is 1. The Bertz CT molecular complexity index is 1170. The fraction of sp³-hybridized carbons (Fsp3) is 0.448. The molecule has 0 unspecified atom stereocenters. The van der Waals surface area contributed by atoms with Crippen LogP contribution in [-0.4, -0.2) is 46.6 Å². The summed E-state index contributed by atoms with van der Waals surface area (Å²) < 4.78 is 0. The van der Waals surface area contributed by atoms with E-state index in [4.69, 9.17) is 0 Å². The highest BCUT2D eigenvalue weighted by Gasteiger charge is 2.42. The first-order valence-corrected chi connectivity index (χ1v) is 13.0. The summed E-state index contributed by atoms with van der Waals surface area (Å²) in [6.07, 6.45) is 7.24. The number of carboxylic acid groups (broad SMARTS) is 2. The molecule has 1 fully saturated rings. The van der Waals surface area contributed by atoms with Crippen molar-refractivity contribution in [3.05, 3.63) is 65.2 Å². The van der Waals surface area contributed by atoms with Gasteiger partial charge in [-0.25, -0.2) is 4.79 Å². The molecule has 1 aliphatic carbocycles. The number of para-hydroxylation sites is 1. The van der Waals surface area contributed by atoms with E-state index in [1.165, 1.54) is 4.90 Å². The second kappa shape index (κ2) is 11.6. The average molecular weight is 507 g/mol. The van der Waals surface area contributed by atoms with Crippen molar-refractivity contribution in [2.24, 2.45) is 5.41 Å². The Kier molecular flexibility index (Phi) is 8.26. The first-order chi connectivity index (χ1) is 17.8. The number of unbranched alkanes of at least 4 members (excludes halogenated alkanes) is 1. The zero-order valence-electron chi connectivity index (χ0n) is 20.9. The minimum absolute atomic E-state index is 0.129. The van der Waals surface area contributed by atoms with Crippen molar-refractivity contribution >= 4 is 29.4 Å². The fourth-order valence-corrected chi connectivity index (χ4v) is 5.83. The summed E-state index contributed by atoms with van der Waals surface area (Å²) in [4.78, 5) is 51.3. The van der Waals surface area contributed by atoms with Crippen molar-refractivity contribution in [3.63, 3.8) is 0 Å². The number of hydrogen-bond acceptors (Lipinski definition) is 4. The lowest BCUT2D eigenvalue weighted by Crippen LogP contribution is -2.52. The Hall–Kier alpha value is -3.68. The van der Waals surface area contributed by atoms with Crippen LogP contribution in [0.2, 0.25) is 0 Å². The van der Waals surface area contributed by atoms with Gasteiger partial charge >= 0.3 is 11.9 Å². The van der Waals surface area contributed by atoms with Crippen LogP contribution >= 0.6 is 0 Å². The molecule has 3 N–H and O–H groups in total. The van der Waals surface area contributed by atoms with E-state index >= 15 is 0 Å². The number of carbonyl (C=O) groups is 4. The van der Waals surface area contributed by atoms with Gasteiger partial charge in [0.2, 0.25) is 11.8 Å². The monoisotopic (exact) mass is 506 g/mol. The molecule has 196 valence electrons. The molecule has 8 nitrogen and oxygen atoms in total. The lowest BCUT2D eigenvalue weighted by molar-refractivity contribution is -0.137. The number of nitrogens with zero attached hydrogens (tertiary/aromatic N) is 1. The molecule has 0 radical (unpaired) electrons. The summed E-state index contributed by atoms with van der Waals surface area (Å²) in [5.41, 5.74) is 2.04. The van der Waals surface area contributed by atoms with Crippen LogP contribution in [0.15, 0.2) is 48.5 Å². The minimum atomic E-state index is -1.10. The van der Waals surface area contributed by atoms with E-state index in [-0.39, 0.29) is 11.8 Å². The largest absolute Gasteiger partial charge is 0.480 e. The third-order valence-corrected chi connectivity index (χ3v) is 7.79. The van der Waals surface area contributed by atoms with Gasteiger partial charge in [-0.2, -0.15) is 0 Å². The van der Waals surface area contributed by atoms with Gasteiger partial charge in [0.25, 0.3) is 0 Å². The van der Waals surface area contributed by atoms with Crippen molar-refractivity contribution < 1.29 is 29.4 Å². The van der Waals surface area contributed by atoms with Crippen molar-refractivity contribution in [1.82, 2.24) is 5.32 Å². The quantitative estimate of drug-likeness (QED) is 0.415. The van der Waals surface area contributed by atoms with E-state index in [0.717, 1.165) is 49.7 Å². The van der Waals surface area contributed by atoms with Crippen LogP contribution in [0.4, 0.5) is 5.69 Å². The van der Waals surface area contributed by atoms with Gasteiger partial charge in [-0.05, 0) is 68.2 Å². The molecule has 1 saturated carbocycles. The molecule has 2 amide bonds. The summed E-state index contributed by atoms with van der Waals surface area (Å²) >= 11 is 0. The van der Waals surface area contributed by atoms with E-state index in [9.17, 15) is 29.4 Å². The first kappa shape index (κ1) is 26.4. The van der Waals surface area contributed by atoms with Crippen LogP contribution in [-0.2, 0) is 27.2 Å². The van der Waals surface area contributed by atoms with Crippen molar-refractivity contribution in [3.8, 4) is 0 Å². The Morgan fingerprint density at radius 3 is 2.41 bits per heavy atom. The lowest BCUT2D eigenvalue weighted by atomic mass is 9.79. The van der Waals surface area contributed by atoms with Gasteiger partial charge in [-0.3, -0.25) is 19.3 Å². The van der Waals surface area contributed by atoms with Crippen molar-refractivity contribution in [2.75, 3.05) is 11.4 Å². The minimum Gasteiger partial charge on any atom is -0.480 e. The smallest absolute Gasteiger partial charge is 0.335 e. The normalized spacial score (nSPS) is 18.6. The van der Waals surface area contributed by atoms with Gasteiger partial charge in [0.05, 0.1) is 5.56 Å². The lowest BCUT2D eigenvalue weighted by Gasteiger charge is -2.31. The maximum absolute atomic E-state index is 13.6. The number of carbonyl (C=O) groups excluding carboxylic acids is 2. The van der Waals surface area contributed by atoms with Crippen LogP contribution in [0.5, 0.6) is 0 Å². The maximum atomic E-state index is 13.6. The van der Waals surface area contributed by atoms with E-state index in [1.54, 1.807) is 24.3 Å². The Labute approximate surface area is 216 Å². The summed E-state index contributed by atoms with van der Waals surface area (Å²) in [5.74, 6) is -2.56. The summed E-state index contributed by atoms with van der Waals surface area (Å²) in [6.45, 7) is -0.453. The number of aryl methyl sites for hydroxylation is 2. The number of aromatic carboxylic acids is 1. The molecule has 1 atom stereocenters. The average Bonchev–Trinajstić information content (AvgIpc) is 3.33. The van der Waals surface area contributed by atoms with Gasteiger partial charge in [0, 0.05) is 11.1 Å². The van der Waals surface area contributed by atoms with Crippen LogP contribution < -0.4 is 10.2 Å². The first-order valence-electron chi connectivity index (χ1n) is 13.0. The number of nitrogens with one attached hydrogen (secondary N) is 1. The number of hydrogen-bond donors (Lipinski definition) is 3. The maximum Gasteiger partial charge on any atom is 0.335 e. The predicted molar refractivity (Wildman–Crippen MR) is 139 cm³/mol. The second-order valence-electron chi connectivity index (χ2n) is 10.2. The molecule has 4 rings (SSSR count). The number of anilines is 1. The van der Waals surface area contributed by atoms with Gasteiger partial charge in [0.15, 0.2) is 0 Å². The third-order valence-electron chi connectivity index (χ3n) is 7.79. The number of amides is 2. The molecule has 2 aliphatic rings. The van der Waals surface area contributed by atoms with Crippen LogP contribution in [0, 0.1) is 5.41 Å². The Morgan fingerprint density at radius 1 is 0.973 bits per heavy atom. The molecule has 0 spiro atoms. The molecule has 1 aliphatic heterocycles. The van der Waals surface area contributed by atoms with E-state index < -0.39 is 29.9 Å². The van der Waals surface area contributed by atoms with Gasteiger partial charge < -0.3 is 15.5 Å². The SMILES string of the molecule is O=C(O)CN1C(=O)[C@@H](NC(=O)C2(CCCCc3ccccc3C(=O)O)CCCC2)CCc2ccccc21. The summed E-state index contributed by atoms with van der Waals surface area (Å²) in [6, 6.07) is 13.5. The van der Waals surface area contributed by atoms with E-state index in [1.807, 2.05) is 24.3 Å². The molecule has 2 aromatic rings. The highest BCUT2D eigenvalue weighted by atomic mass is 16.4. The third kappa shape index (κ3) is 6.01. The molecule has 2 aromatic carbocycles. The van der Waals surface area contributed by atoms with Crippen LogP contribution in [0.25, 0.3) is 0 Å². The highest BCUT2D eigenvalue weighted by Crippen LogP contribution is 2.43. The van der Waals surface area contributed by atoms with Crippen LogP contribution in [0.3, 0.4) is 0 Å². The second-order valence-corrected chi connectivity index (χ2v) is 10.2.